The number of nitrogens with one attached hydrogen (secondary N) is 1. The number of halogens is 1. The number of allylic oxidation sites excluding steroid dienone is 2. The average molecular weight is 502 g/mol. The molecule has 2 aromatic carbocycles. The Morgan fingerprint density at radius 2 is 2.00 bits per heavy atom. The fraction of sp³-hybridized carbons (Fsp3) is 0.269. The lowest BCUT2D eigenvalue weighted by Crippen LogP contribution is -2.24. The van der Waals surface area contributed by atoms with Crippen molar-refractivity contribution in [1.29, 1.82) is 0 Å². The lowest BCUT2D eigenvalue weighted by Gasteiger charge is -2.09. The van der Waals surface area contributed by atoms with Crippen LogP contribution in [0, 0.1) is 6.92 Å². The van der Waals surface area contributed by atoms with Crippen LogP contribution in [0.5, 0.6) is 5.75 Å². The summed E-state index contributed by atoms with van der Waals surface area (Å²) in [5.41, 5.74) is 2.46. The summed E-state index contributed by atoms with van der Waals surface area (Å²) in [6.07, 6.45) is 7.84. The number of carbonyl (C=O) groups is 1. The zero-order valence-corrected chi connectivity index (χ0v) is 21.7. The minimum atomic E-state index is 0.121. The van der Waals surface area contributed by atoms with Gasteiger partial charge in [0.05, 0.1) is 10.2 Å². The minimum Gasteiger partial charge on any atom is -0.426 e. The Balaban J connectivity index is 0.00000137. The second-order valence-corrected chi connectivity index (χ2v) is 7.89. The van der Waals surface area contributed by atoms with Gasteiger partial charge in [-0.2, -0.15) is 0 Å². The minimum absolute atomic E-state index is 0.121. The van der Waals surface area contributed by atoms with Crippen LogP contribution in [0.2, 0.25) is 0 Å². The lowest BCUT2D eigenvalue weighted by molar-refractivity contribution is 0.112. The Bertz CT molecular complexity index is 1080. The summed E-state index contributed by atoms with van der Waals surface area (Å²) < 4.78 is 6.98. The summed E-state index contributed by atoms with van der Waals surface area (Å²) in [6, 6.07) is 13.7. The number of hydrogen-bond donors (Lipinski definition) is 2. The van der Waals surface area contributed by atoms with Crippen LogP contribution in [-0.4, -0.2) is 35.4 Å². The van der Waals surface area contributed by atoms with Gasteiger partial charge in [-0.3, -0.25) is 4.79 Å². The molecule has 0 bridgehead atoms. The van der Waals surface area contributed by atoms with E-state index in [1.165, 1.54) is 4.70 Å². The van der Waals surface area contributed by atoms with Gasteiger partial charge >= 0.3 is 0 Å². The highest BCUT2D eigenvalue weighted by atomic mass is 35.5. The van der Waals surface area contributed by atoms with Crippen molar-refractivity contribution < 1.29 is 14.6 Å². The predicted octanol–water partition coefficient (Wildman–Crippen LogP) is 6.45. The van der Waals surface area contributed by atoms with Crippen LogP contribution in [0.25, 0.3) is 10.2 Å². The number of aromatic nitrogens is 1. The molecule has 0 radical (unpaired) electrons. The number of para-hydroxylation sites is 1. The molecule has 3 rings (SSSR count). The van der Waals surface area contributed by atoms with Crippen LogP contribution in [0.15, 0.2) is 72.0 Å². The van der Waals surface area contributed by atoms with Crippen LogP contribution in [0.1, 0.15) is 47.6 Å². The molecule has 0 spiro atoms. The van der Waals surface area contributed by atoms with Crippen LogP contribution in [0.4, 0.5) is 0 Å². The van der Waals surface area contributed by atoms with Gasteiger partial charge in [-0.15, -0.1) is 22.9 Å². The topological polar surface area (TPSA) is 83.8 Å². The van der Waals surface area contributed by atoms with Gasteiger partial charge in [-0.1, -0.05) is 51.1 Å². The lowest BCUT2D eigenvalue weighted by atomic mass is 10.1. The van der Waals surface area contributed by atoms with Crippen LogP contribution >= 0.6 is 22.9 Å². The van der Waals surface area contributed by atoms with E-state index < -0.39 is 0 Å². The summed E-state index contributed by atoms with van der Waals surface area (Å²) in [6.45, 7) is 7.95. The molecule has 2 N–H and O–H groups in total. The Morgan fingerprint density at radius 1 is 1.26 bits per heavy atom. The zero-order valence-electron chi connectivity index (χ0n) is 20.2. The molecular weight excluding hydrogens is 470 g/mol. The number of amidine groups is 1. The Hall–Kier alpha value is -3.00. The number of carbonyl (C=O) groups excluding carboxylic acids is 1. The van der Waals surface area contributed by atoms with Crippen molar-refractivity contribution in [2.24, 2.45) is 4.99 Å². The second-order valence-electron chi connectivity index (χ2n) is 6.52. The quantitative estimate of drug-likeness (QED) is 0.168. The summed E-state index contributed by atoms with van der Waals surface area (Å²) >= 11 is 7.35. The first-order valence-corrected chi connectivity index (χ1v) is 12.2. The van der Waals surface area contributed by atoms with Gasteiger partial charge in [0.25, 0.3) is 6.02 Å². The van der Waals surface area contributed by atoms with Crippen LogP contribution < -0.4 is 10.1 Å². The van der Waals surface area contributed by atoms with E-state index in [-0.39, 0.29) is 11.9 Å². The third kappa shape index (κ3) is 9.09. The Morgan fingerprint density at radius 3 is 2.68 bits per heavy atom. The second kappa shape index (κ2) is 16.6. The number of benzene rings is 2. The molecule has 3 aromatic rings. The number of aliphatic hydroxyl groups is 1. The summed E-state index contributed by atoms with van der Waals surface area (Å²) in [7, 11) is 1.00. The molecule has 0 saturated heterocycles. The number of nitrogens with zero attached hydrogens (tertiary/aromatic N) is 2. The van der Waals surface area contributed by atoms with E-state index in [1.807, 2.05) is 51.1 Å². The fourth-order valence-electron chi connectivity index (χ4n) is 2.60. The number of aldehydes is 1. The molecule has 8 heteroatoms. The van der Waals surface area contributed by atoms with Crippen molar-refractivity contribution in [3.63, 3.8) is 0 Å². The fourth-order valence-corrected chi connectivity index (χ4v) is 3.68. The van der Waals surface area contributed by atoms with Gasteiger partial charge < -0.3 is 15.2 Å². The molecule has 0 aliphatic heterocycles. The number of thiazole rings is 1. The number of fused-ring (bicyclic) bond motifs is 1. The van der Waals surface area contributed by atoms with E-state index in [2.05, 4.69) is 28.3 Å². The maximum Gasteiger partial charge on any atom is 0.298 e. The molecule has 34 heavy (non-hydrogen) atoms. The molecule has 6 nitrogen and oxygen atoms in total. The van der Waals surface area contributed by atoms with Gasteiger partial charge in [0.2, 0.25) is 0 Å². The number of ether oxygens (including phenoxy) is 1. The molecule has 1 aromatic heterocycles. The Kier molecular flexibility index (Phi) is 14.2. The normalized spacial score (nSPS) is 12.0. The van der Waals surface area contributed by atoms with Gasteiger partial charge in [0, 0.05) is 36.9 Å². The van der Waals surface area contributed by atoms with E-state index in [0.717, 1.165) is 29.5 Å². The predicted molar refractivity (Wildman–Crippen MR) is 144 cm³/mol. The highest BCUT2D eigenvalue weighted by molar-refractivity contribution is 7.18. The van der Waals surface area contributed by atoms with E-state index in [0.29, 0.717) is 17.2 Å². The molecular formula is C26H32ClN3O3S. The third-order valence-electron chi connectivity index (χ3n) is 4.27. The molecule has 0 aliphatic carbocycles. The van der Waals surface area contributed by atoms with Crippen molar-refractivity contribution in [3.8, 4) is 5.75 Å². The van der Waals surface area contributed by atoms with E-state index in [4.69, 9.17) is 21.4 Å². The molecule has 0 fully saturated rings. The maximum atomic E-state index is 11.2. The zero-order chi connectivity index (χ0) is 25.3. The first kappa shape index (κ1) is 29.0. The number of aliphatic hydroxyl groups excluding tert-OH is 1. The molecule has 1 unspecified atom stereocenters. The molecule has 1 heterocycles. The van der Waals surface area contributed by atoms with E-state index in [9.17, 15) is 4.79 Å². The largest absolute Gasteiger partial charge is 0.426 e. The standard InChI is InChI=1S/C23H22ClN3O2S.C2H6.CH4O/c1-16-8-9-19(14-18(16)15-28)29-23(25-12-5-11-24)26-13-10-17(2)22-27-20-6-3-4-7-21(20)30-22;2*1-2/h3-10,12-15,17H,11H2,1-2H3,(H,25,26);1-2H3;2H,1H3/b12-5+,13-10+;;. The van der Waals surface area contributed by atoms with Crippen molar-refractivity contribution in [1.82, 2.24) is 10.3 Å². The number of rotatable bonds is 7. The number of hydrogen-bond acceptors (Lipinski definition) is 6. The SMILES string of the molecule is CC.CO.Cc1ccc(OC(=N/C=C/CCl)N/C=C/C(C)c2nc3ccccc3s2)cc1C=O. The monoisotopic (exact) mass is 501 g/mol. The summed E-state index contributed by atoms with van der Waals surface area (Å²) in [4.78, 5) is 20.1. The van der Waals surface area contributed by atoms with Gasteiger partial charge in [-0.05, 0) is 36.8 Å². The van der Waals surface area contributed by atoms with E-state index in [1.54, 1.807) is 41.9 Å². The summed E-state index contributed by atoms with van der Waals surface area (Å²) in [5, 5.41) is 11.1. The summed E-state index contributed by atoms with van der Waals surface area (Å²) in [5.74, 6) is 0.984. The van der Waals surface area contributed by atoms with Crippen LogP contribution in [-0.2, 0) is 0 Å². The maximum absolute atomic E-state index is 11.2. The van der Waals surface area contributed by atoms with Crippen molar-refractivity contribution in [2.75, 3.05) is 13.0 Å². The highest BCUT2D eigenvalue weighted by Crippen LogP contribution is 2.27. The molecule has 182 valence electrons. The third-order valence-corrected chi connectivity index (χ3v) is 5.69. The highest BCUT2D eigenvalue weighted by Gasteiger charge is 2.09. The average Bonchev–Trinajstić information content (AvgIpc) is 3.32. The molecule has 0 saturated carbocycles. The molecule has 0 amide bonds. The molecule has 1 atom stereocenters. The van der Waals surface area contributed by atoms with Gasteiger partial charge in [-0.25, -0.2) is 9.98 Å². The van der Waals surface area contributed by atoms with Crippen molar-refractivity contribution >= 4 is 45.5 Å². The number of aliphatic imine (C=N–C) groups is 1. The van der Waals surface area contributed by atoms with Crippen molar-refractivity contribution in [2.45, 2.75) is 33.6 Å². The Labute approximate surface area is 210 Å². The van der Waals surface area contributed by atoms with Gasteiger partial charge in [0.15, 0.2) is 0 Å². The smallest absolute Gasteiger partial charge is 0.298 e. The number of alkyl halides is 1. The first-order valence-electron chi connectivity index (χ1n) is 10.9. The van der Waals surface area contributed by atoms with Crippen molar-refractivity contribution in [3.05, 3.63) is 83.2 Å². The van der Waals surface area contributed by atoms with Gasteiger partial charge in [0.1, 0.15) is 17.0 Å². The van der Waals surface area contributed by atoms with E-state index >= 15 is 0 Å². The first-order chi connectivity index (χ1) is 16.6. The van der Waals surface area contributed by atoms with Crippen LogP contribution in [0.3, 0.4) is 0 Å². The number of aryl methyl sites for hydroxylation is 1. The molecule has 0 aliphatic rings.